The van der Waals surface area contributed by atoms with E-state index in [1.54, 1.807) is 4.90 Å². The molecule has 1 rings (SSSR count). The Labute approximate surface area is 97.6 Å². The van der Waals surface area contributed by atoms with Gasteiger partial charge in [-0.1, -0.05) is 19.8 Å². The van der Waals surface area contributed by atoms with Crippen molar-refractivity contribution in [1.82, 2.24) is 4.90 Å². The molecule has 16 heavy (non-hydrogen) atoms. The number of aliphatic hydroxyl groups is 1. The van der Waals surface area contributed by atoms with Crippen LogP contribution in [0.2, 0.25) is 0 Å². The van der Waals surface area contributed by atoms with Crippen LogP contribution in [0.4, 0.5) is 0 Å². The van der Waals surface area contributed by atoms with Gasteiger partial charge in [-0.25, -0.2) is 0 Å². The average Bonchev–Trinajstić information content (AvgIpc) is 2.29. The molecule has 1 aliphatic rings. The van der Waals surface area contributed by atoms with Gasteiger partial charge in [0.25, 0.3) is 0 Å². The molecule has 0 aromatic heterocycles. The smallest absolute Gasteiger partial charge is 0.248 e. The number of rotatable bonds is 6. The number of hydrogen-bond donors (Lipinski definition) is 1. The van der Waals surface area contributed by atoms with E-state index in [1.807, 2.05) is 0 Å². The molecule has 0 aliphatic carbocycles. The summed E-state index contributed by atoms with van der Waals surface area (Å²) in [6.07, 6.45) is 4.52. The molecule has 0 atom stereocenters. The lowest BCUT2D eigenvalue weighted by molar-refractivity contribution is -0.138. The summed E-state index contributed by atoms with van der Waals surface area (Å²) in [5.41, 5.74) is 0. The molecule has 0 spiro atoms. The monoisotopic (exact) mass is 229 g/mol. The van der Waals surface area contributed by atoms with Crippen molar-refractivity contribution >= 4 is 5.91 Å². The third-order valence-electron chi connectivity index (χ3n) is 2.93. The molecule has 0 aromatic rings. The van der Waals surface area contributed by atoms with Gasteiger partial charge in [0.05, 0.1) is 6.10 Å². The molecule has 1 fully saturated rings. The summed E-state index contributed by atoms with van der Waals surface area (Å²) in [4.78, 5) is 13.4. The maximum Gasteiger partial charge on any atom is 0.248 e. The van der Waals surface area contributed by atoms with Crippen molar-refractivity contribution in [3.63, 3.8) is 0 Å². The first-order valence-corrected chi connectivity index (χ1v) is 6.27. The third kappa shape index (κ3) is 4.94. The Morgan fingerprint density at radius 2 is 2.06 bits per heavy atom. The van der Waals surface area contributed by atoms with Crippen LogP contribution in [0, 0.1) is 0 Å². The largest absolute Gasteiger partial charge is 0.393 e. The van der Waals surface area contributed by atoms with E-state index >= 15 is 0 Å². The molecule has 1 saturated heterocycles. The molecular weight excluding hydrogens is 206 g/mol. The number of carbonyl (C=O) groups is 1. The number of hydrogen-bond acceptors (Lipinski definition) is 3. The van der Waals surface area contributed by atoms with Crippen molar-refractivity contribution < 1.29 is 14.6 Å². The van der Waals surface area contributed by atoms with E-state index in [9.17, 15) is 9.90 Å². The fourth-order valence-corrected chi connectivity index (χ4v) is 1.82. The second-order valence-corrected chi connectivity index (χ2v) is 4.37. The molecule has 0 bridgehead atoms. The van der Waals surface area contributed by atoms with E-state index in [0.29, 0.717) is 32.5 Å². The second-order valence-electron chi connectivity index (χ2n) is 4.37. The first-order valence-electron chi connectivity index (χ1n) is 6.27. The molecule has 1 heterocycles. The minimum Gasteiger partial charge on any atom is -0.393 e. The van der Waals surface area contributed by atoms with Gasteiger partial charge in [-0.2, -0.15) is 0 Å². The Bertz CT molecular complexity index is 200. The Balaban J connectivity index is 2.06. The average molecular weight is 229 g/mol. The summed E-state index contributed by atoms with van der Waals surface area (Å²) in [6.45, 7) is 4.34. The lowest BCUT2D eigenvalue weighted by Crippen LogP contribution is -2.41. The number of amides is 1. The standard InChI is InChI=1S/C12H23NO3/c1-2-3-4-9-16-10-12(15)13-7-5-11(14)6-8-13/h11,14H,2-10H2,1H3. The minimum absolute atomic E-state index is 0.0587. The van der Waals surface area contributed by atoms with Gasteiger partial charge in [-0.15, -0.1) is 0 Å². The van der Waals surface area contributed by atoms with Crippen LogP contribution < -0.4 is 0 Å². The zero-order valence-electron chi connectivity index (χ0n) is 10.2. The van der Waals surface area contributed by atoms with Crippen LogP contribution in [0.25, 0.3) is 0 Å². The molecule has 94 valence electrons. The highest BCUT2D eigenvalue weighted by molar-refractivity contribution is 5.77. The zero-order valence-corrected chi connectivity index (χ0v) is 10.2. The number of ether oxygens (including phenoxy) is 1. The molecule has 0 unspecified atom stereocenters. The first kappa shape index (κ1) is 13.5. The maximum absolute atomic E-state index is 11.7. The minimum atomic E-state index is -0.227. The summed E-state index contributed by atoms with van der Waals surface area (Å²) >= 11 is 0. The quantitative estimate of drug-likeness (QED) is 0.696. The van der Waals surface area contributed by atoms with E-state index in [1.165, 1.54) is 6.42 Å². The lowest BCUT2D eigenvalue weighted by Gasteiger charge is -2.29. The topological polar surface area (TPSA) is 49.8 Å². The van der Waals surface area contributed by atoms with E-state index in [2.05, 4.69) is 6.92 Å². The van der Waals surface area contributed by atoms with E-state index in [4.69, 9.17) is 4.74 Å². The third-order valence-corrected chi connectivity index (χ3v) is 2.93. The van der Waals surface area contributed by atoms with Gasteiger partial charge >= 0.3 is 0 Å². The van der Waals surface area contributed by atoms with Gasteiger partial charge in [-0.05, 0) is 19.3 Å². The van der Waals surface area contributed by atoms with Gasteiger partial charge in [0.1, 0.15) is 6.61 Å². The van der Waals surface area contributed by atoms with Crippen LogP contribution in [-0.2, 0) is 9.53 Å². The second kappa shape index (κ2) is 7.63. The molecule has 0 saturated carbocycles. The van der Waals surface area contributed by atoms with Crippen molar-refractivity contribution in [3.05, 3.63) is 0 Å². The van der Waals surface area contributed by atoms with Crippen molar-refractivity contribution in [2.24, 2.45) is 0 Å². The molecule has 0 aromatic carbocycles. The Morgan fingerprint density at radius 1 is 1.38 bits per heavy atom. The van der Waals surface area contributed by atoms with Crippen molar-refractivity contribution in [2.45, 2.75) is 45.1 Å². The highest BCUT2D eigenvalue weighted by Gasteiger charge is 2.20. The Morgan fingerprint density at radius 3 is 2.69 bits per heavy atom. The molecule has 4 heteroatoms. The summed E-state index contributed by atoms with van der Waals surface area (Å²) in [5.74, 6) is 0.0587. The zero-order chi connectivity index (χ0) is 11.8. The summed E-state index contributed by atoms with van der Waals surface area (Å²) in [6, 6.07) is 0. The normalized spacial score (nSPS) is 17.8. The number of aliphatic hydroxyl groups excluding tert-OH is 1. The fraction of sp³-hybridized carbons (Fsp3) is 0.917. The number of unbranched alkanes of at least 4 members (excludes halogenated alkanes) is 2. The molecule has 1 aliphatic heterocycles. The summed E-state index contributed by atoms with van der Waals surface area (Å²) < 4.78 is 5.32. The molecule has 0 radical (unpaired) electrons. The van der Waals surface area contributed by atoms with Crippen molar-refractivity contribution in [1.29, 1.82) is 0 Å². The van der Waals surface area contributed by atoms with Crippen LogP contribution in [0.15, 0.2) is 0 Å². The number of carbonyl (C=O) groups excluding carboxylic acids is 1. The predicted molar refractivity (Wildman–Crippen MR) is 62.2 cm³/mol. The Hall–Kier alpha value is -0.610. The fourth-order valence-electron chi connectivity index (χ4n) is 1.82. The van der Waals surface area contributed by atoms with Gasteiger partial charge in [0, 0.05) is 19.7 Å². The molecular formula is C12H23NO3. The molecule has 1 N–H and O–H groups in total. The van der Waals surface area contributed by atoms with Gasteiger partial charge in [0.15, 0.2) is 0 Å². The SMILES string of the molecule is CCCCCOCC(=O)N1CCC(O)CC1. The van der Waals surface area contributed by atoms with Crippen molar-refractivity contribution in [2.75, 3.05) is 26.3 Å². The number of piperidine rings is 1. The highest BCUT2D eigenvalue weighted by Crippen LogP contribution is 2.09. The van der Waals surface area contributed by atoms with Crippen molar-refractivity contribution in [3.8, 4) is 0 Å². The first-order chi connectivity index (χ1) is 7.74. The highest BCUT2D eigenvalue weighted by atomic mass is 16.5. The van der Waals surface area contributed by atoms with Crippen LogP contribution in [0.5, 0.6) is 0 Å². The molecule has 4 nitrogen and oxygen atoms in total. The number of nitrogens with zero attached hydrogens (tertiary/aromatic N) is 1. The lowest BCUT2D eigenvalue weighted by atomic mass is 10.1. The maximum atomic E-state index is 11.7. The van der Waals surface area contributed by atoms with E-state index in [0.717, 1.165) is 12.8 Å². The van der Waals surface area contributed by atoms with Gasteiger partial charge in [-0.3, -0.25) is 4.79 Å². The van der Waals surface area contributed by atoms with Crippen LogP contribution >= 0.6 is 0 Å². The summed E-state index contributed by atoms with van der Waals surface area (Å²) in [7, 11) is 0. The Kier molecular flexibility index (Phi) is 6.42. The van der Waals surface area contributed by atoms with Crippen LogP contribution in [0.3, 0.4) is 0 Å². The van der Waals surface area contributed by atoms with Crippen LogP contribution in [-0.4, -0.2) is 48.3 Å². The van der Waals surface area contributed by atoms with E-state index < -0.39 is 0 Å². The van der Waals surface area contributed by atoms with Gasteiger partial charge in [0.2, 0.25) is 5.91 Å². The predicted octanol–water partition coefficient (Wildman–Crippen LogP) is 1.18. The van der Waals surface area contributed by atoms with E-state index in [-0.39, 0.29) is 18.6 Å². The molecule has 1 amide bonds. The summed E-state index contributed by atoms with van der Waals surface area (Å²) in [5, 5.41) is 9.31. The van der Waals surface area contributed by atoms with Gasteiger partial charge < -0.3 is 14.7 Å². The number of likely N-dealkylation sites (tertiary alicyclic amines) is 1. The van der Waals surface area contributed by atoms with Crippen LogP contribution in [0.1, 0.15) is 39.0 Å².